The van der Waals surface area contributed by atoms with Crippen molar-refractivity contribution in [1.29, 1.82) is 0 Å². The lowest BCUT2D eigenvalue weighted by molar-refractivity contribution is 0.666. The van der Waals surface area contributed by atoms with Gasteiger partial charge in [-0.3, -0.25) is 4.57 Å². The minimum Gasteiger partial charge on any atom is -0.454 e. The molecule has 0 amide bonds. The van der Waals surface area contributed by atoms with Gasteiger partial charge >= 0.3 is 0 Å². The first kappa shape index (κ1) is 36.7. The molecule has 66 heavy (non-hydrogen) atoms. The Kier molecular flexibility index (Phi) is 8.02. The minimum absolute atomic E-state index is 0.516. The van der Waals surface area contributed by atoms with Crippen LogP contribution in [0.25, 0.3) is 132 Å². The monoisotopic (exact) mass is 862 g/mol. The van der Waals surface area contributed by atoms with E-state index in [-0.39, 0.29) is 0 Å². The van der Waals surface area contributed by atoms with Crippen LogP contribution >= 0.6 is 11.3 Å². The van der Waals surface area contributed by atoms with Gasteiger partial charge in [0, 0.05) is 49.0 Å². The Morgan fingerprint density at radius 2 is 0.985 bits per heavy atom. The third-order valence-electron chi connectivity index (χ3n) is 12.8. The summed E-state index contributed by atoms with van der Waals surface area (Å²) in [7, 11) is 0. The van der Waals surface area contributed by atoms with Gasteiger partial charge < -0.3 is 8.98 Å². The van der Waals surface area contributed by atoms with Crippen LogP contribution in [-0.4, -0.2) is 29.1 Å². The van der Waals surface area contributed by atoms with Gasteiger partial charge in [-0.05, 0) is 53.6 Å². The summed E-state index contributed by atoms with van der Waals surface area (Å²) in [6.45, 7) is 0. The summed E-state index contributed by atoms with van der Waals surface area (Å²) in [5.41, 5.74) is 12.7. The molecule has 5 aromatic heterocycles. The maximum Gasteiger partial charge on any atom is 0.238 e. The van der Waals surface area contributed by atoms with Crippen molar-refractivity contribution in [2.24, 2.45) is 0 Å². The molecule has 0 spiro atoms. The Morgan fingerprint density at radius 3 is 1.77 bits per heavy atom. The second kappa shape index (κ2) is 14.4. The Labute approximate surface area is 381 Å². The van der Waals surface area contributed by atoms with E-state index in [1.54, 1.807) is 11.3 Å². The molecule has 0 unspecified atom stereocenters. The standard InChI is InChI=1S/C58H34N6OS/c1-3-16-35(17-4-1)37-20-13-21-38(34-37)55-60-56(45-26-14-27-46-54(45)66-57(59-46)36-18-5-2-6-19-36)62-58(61-55)64-48-29-11-8-23-40(48)43-33-32-42-39-22-7-10-28-47(39)63(51(42)52(43)64)49-30-15-25-44-41-24-9-12-31-50(41)65-53(44)49/h1-34H. The molecule has 0 N–H and O–H groups in total. The number of para-hydroxylation sites is 4. The molecule has 5 heterocycles. The number of hydrogen-bond acceptors (Lipinski definition) is 6. The molecular formula is C58H34N6OS. The lowest BCUT2D eigenvalue weighted by Crippen LogP contribution is -2.07. The quantitative estimate of drug-likeness (QED) is 0.166. The van der Waals surface area contributed by atoms with Crippen molar-refractivity contribution in [3.05, 3.63) is 206 Å². The van der Waals surface area contributed by atoms with Crippen molar-refractivity contribution in [2.45, 2.75) is 0 Å². The average Bonchev–Trinajstić information content (AvgIpc) is 4.16. The summed E-state index contributed by atoms with van der Waals surface area (Å²) in [5.74, 6) is 1.66. The number of rotatable bonds is 6. The third-order valence-corrected chi connectivity index (χ3v) is 14.0. The summed E-state index contributed by atoms with van der Waals surface area (Å²) >= 11 is 1.66. The van der Waals surface area contributed by atoms with Crippen LogP contribution in [0.4, 0.5) is 0 Å². The van der Waals surface area contributed by atoms with Gasteiger partial charge in [-0.1, -0.05) is 164 Å². The molecule has 14 rings (SSSR count). The summed E-state index contributed by atoms with van der Waals surface area (Å²) in [6, 6.07) is 71.9. The number of aromatic nitrogens is 6. The van der Waals surface area contributed by atoms with Crippen molar-refractivity contribution in [2.75, 3.05) is 0 Å². The summed E-state index contributed by atoms with van der Waals surface area (Å²) in [5, 5.41) is 7.54. The number of benzene rings is 9. The van der Waals surface area contributed by atoms with Gasteiger partial charge in [0.15, 0.2) is 17.2 Å². The van der Waals surface area contributed by atoms with E-state index in [1.807, 2.05) is 30.3 Å². The van der Waals surface area contributed by atoms with E-state index >= 15 is 0 Å². The van der Waals surface area contributed by atoms with Crippen LogP contribution in [0.3, 0.4) is 0 Å². The van der Waals surface area contributed by atoms with E-state index in [2.05, 4.69) is 185 Å². The van der Waals surface area contributed by atoms with Crippen molar-refractivity contribution >= 4 is 87.1 Å². The van der Waals surface area contributed by atoms with Crippen LogP contribution in [0.15, 0.2) is 211 Å². The summed E-state index contributed by atoms with van der Waals surface area (Å²) in [6.07, 6.45) is 0. The number of furan rings is 1. The van der Waals surface area contributed by atoms with Crippen molar-refractivity contribution < 1.29 is 4.42 Å². The molecule has 0 aliphatic rings. The van der Waals surface area contributed by atoms with Gasteiger partial charge in [0.2, 0.25) is 5.95 Å². The molecular weight excluding hydrogens is 829 g/mol. The summed E-state index contributed by atoms with van der Waals surface area (Å²) < 4.78 is 12.4. The SMILES string of the molecule is c1ccc(-c2cccc(-c3nc(-c4cccc5nc(-c6ccccc6)sc45)nc(-n4c5ccccc5c5ccc6c7ccccc7n(-c7cccc8c7oc7ccccc78)c6c54)n3)c2)cc1. The van der Waals surface area contributed by atoms with Crippen molar-refractivity contribution in [1.82, 2.24) is 29.1 Å². The van der Waals surface area contributed by atoms with Gasteiger partial charge in [0.05, 0.1) is 38.0 Å². The molecule has 0 saturated carbocycles. The third kappa shape index (κ3) is 5.55. The average molecular weight is 863 g/mol. The van der Waals surface area contributed by atoms with Gasteiger partial charge in [-0.15, -0.1) is 11.3 Å². The highest BCUT2D eigenvalue weighted by molar-refractivity contribution is 7.22. The first-order valence-corrected chi connectivity index (χ1v) is 22.8. The Balaban J connectivity index is 1.10. The van der Waals surface area contributed by atoms with E-state index in [1.165, 1.54) is 0 Å². The smallest absolute Gasteiger partial charge is 0.238 e. The fourth-order valence-electron chi connectivity index (χ4n) is 9.88. The minimum atomic E-state index is 0.516. The largest absolute Gasteiger partial charge is 0.454 e. The molecule has 0 aliphatic carbocycles. The van der Waals surface area contributed by atoms with Crippen LogP contribution in [-0.2, 0) is 0 Å². The van der Waals surface area contributed by atoms with Crippen molar-refractivity contribution in [3.63, 3.8) is 0 Å². The first-order chi connectivity index (χ1) is 32.7. The van der Waals surface area contributed by atoms with Crippen LogP contribution in [0.2, 0.25) is 0 Å². The Bertz CT molecular complexity index is 4240. The molecule has 14 aromatic rings. The number of fused-ring (bicyclic) bond motifs is 11. The topological polar surface area (TPSA) is 74.6 Å². The molecule has 0 radical (unpaired) electrons. The summed E-state index contributed by atoms with van der Waals surface area (Å²) in [4.78, 5) is 21.5. The zero-order valence-corrected chi connectivity index (χ0v) is 35.9. The van der Waals surface area contributed by atoms with Gasteiger partial charge in [-0.25, -0.2) is 9.97 Å². The van der Waals surface area contributed by atoms with Gasteiger partial charge in [0.1, 0.15) is 10.6 Å². The highest BCUT2D eigenvalue weighted by Gasteiger charge is 2.25. The second-order valence-corrected chi connectivity index (χ2v) is 17.6. The highest BCUT2D eigenvalue weighted by Crippen LogP contribution is 2.44. The van der Waals surface area contributed by atoms with Crippen LogP contribution < -0.4 is 0 Å². The maximum absolute atomic E-state index is 6.76. The number of hydrogen-bond donors (Lipinski definition) is 0. The molecule has 0 aliphatic heterocycles. The normalized spacial score (nSPS) is 11.9. The van der Waals surface area contributed by atoms with E-state index in [0.29, 0.717) is 17.6 Å². The first-order valence-electron chi connectivity index (χ1n) is 22.0. The number of thiazole rings is 1. The zero-order chi connectivity index (χ0) is 43.3. The Morgan fingerprint density at radius 1 is 0.394 bits per heavy atom. The molecule has 0 fully saturated rings. The van der Waals surface area contributed by atoms with Crippen LogP contribution in [0.5, 0.6) is 0 Å². The van der Waals surface area contributed by atoms with E-state index in [4.69, 9.17) is 24.4 Å². The number of nitrogens with zero attached hydrogens (tertiary/aromatic N) is 6. The van der Waals surface area contributed by atoms with E-state index in [0.717, 1.165) is 114 Å². The predicted octanol–water partition coefficient (Wildman–Crippen LogP) is 15.2. The lowest BCUT2D eigenvalue weighted by atomic mass is 10.0. The molecule has 9 aromatic carbocycles. The molecule has 0 saturated heterocycles. The molecule has 0 bridgehead atoms. The van der Waals surface area contributed by atoms with Gasteiger partial charge in [-0.2, -0.15) is 9.97 Å². The molecule has 7 nitrogen and oxygen atoms in total. The van der Waals surface area contributed by atoms with Gasteiger partial charge in [0.25, 0.3) is 0 Å². The maximum atomic E-state index is 6.76. The van der Waals surface area contributed by atoms with Crippen LogP contribution in [0.1, 0.15) is 0 Å². The molecule has 8 heteroatoms. The fourth-order valence-corrected chi connectivity index (χ4v) is 11.0. The second-order valence-electron chi connectivity index (χ2n) is 16.6. The zero-order valence-electron chi connectivity index (χ0n) is 35.1. The van der Waals surface area contributed by atoms with E-state index in [9.17, 15) is 0 Å². The highest BCUT2D eigenvalue weighted by atomic mass is 32.1. The fraction of sp³-hybridized carbons (Fsp3) is 0. The molecule has 308 valence electrons. The Hall–Kier alpha value is -8.72. The predicted molar refractivity (Wildman–Crippen MR) is 271 cm³/mol. The van der Waals surface area contributed by atoms with Crippen LogP contribution in [0, 0.1) is 0 Å². The van der Waals surface area contributed by atoms with Crippen molar-refractivity contribution in [3.8, 4) is 56.1 Å². The van der Waals surface area contributed by atoms with E-state index < -0.39 is 0 Å². The molecule has 0 atom stereocenters. The lowest BCUT2D eigenvalue weighted by Gasteiger charge is -2.14.